The van der Waals surface area contributed by atoms with Gasteiger partial charge in [-0.2, -0.15) is 0 Å². The van der Waals surface area contributed by atoms with Gasteiger partial charge < -0.3 is 14.2 Å². The summed E-state index contributed by atoms with van der Waals surface area (Å²) in [5.74, 6) is 0.863. The summed E-state index contributed by atoms with van der Waals surface area (Å²) in [5, 5.41) is 1.47. The second kappa shape index (κ2) is 7.57. The second-order valence-corrected chi connectivity index (χ2v) is 8.31. The van der Waals surface area contributed by atoms with E-state index in [2.05, 4.69) is 54.0 Å². The van der Waals surface area contributed by atoms with Gasteiger partial charge in [-0.1, -0.05) is 23.2 Å². The maximum absolute atomic E-state index is 6.12. The predicted molar refractivity (Wildman–Crippen MR) is 118 cm³/mol. The first kappa shape index (κ1) is 19.0. The van der Waals surface area contributed by atoms with Gasteiger partial charge in [-0.3, -0.25) is 0 Å². The number of anilines is 2. The van der Waals surface area contributed by atoms with Gasteiger partial charge in [-0.25, -0.2) is 0 Å². The molecule has 4 rings (SSSR count). The van der Waals surface area contributed by atoms with Crippen LogP contribution in [0.5, 0.6) is 0 Å². The standard InChI is InChI=1S/C23H22Cl2N2O/c1-23(2)26(20-9-5-18(24)6-10-20)15-17(14-22-4-3-13-28-22)16-27(23)21-11-7-19(25)8-12-21/h3-14H,15-16H2,1-2H3. The fourth-order valence-electron chi connectivity index (χ4n) is 3.71. The molecule has 0 aliphatic carbocycles. The minimum atomic E-state index is -0.248. The maximum Gasteiger partial charge on any atom is 0.126 e. The van der Waals surface area contributed by atoms with Crippen molar-refractivity contribution in [1.82, 2.24) is 0 Å². The number of hydrogen-bond donors (Lipinski definition) is 0. The Morgan fingerprint density at radius 2 is 1.32 bits per heavy atom. The highest BCUT2D eigenvalue weighted by Crippen LogP contribution is 2.37. The van der Waals surface area contributed by atoms with Crippen LogP contribution in [0.3, 0.4) is 0 Å². The van der Waals surface area contributed by atoms with Crippen molar-refractivity contribution < 1.29 is 4.42 Å². The SMILES string of the molecule is CC1(C)N(c2ccc(Cl)cc2)CC(=Cc2ccco2)CN1c1ccc(Cl)cc1. The van der Waals surface area contributed by atoms with Crippen molar-refractivity contribution in [1.29, 1.82) is 0 Å². The second-order valence-electron chi connectivity index (χ2n) is 7.44. The molecule has 0 radical (unpaired) electrons. The van der Waals surface area contributed by atoms with Crippen LogP contribution in [-0.2, 0) is 0 Å². The maximum atomic E-state index is 6.12. The molecule has 5 heteroatoms. The number of rotatable bonds is 3. The normalized spacial score (nSPS) is 16.4. The lowest BCUT2D eigenvalue weighted by molar-refractivity contribution is 0.420. The average molecular weight is 413 g/mol. The Hall–Kier alpha value is -2.36. The number of hydrogen-bond acceptors (Lipinski definition) is 3. The molecule has 0 unspecified atom stereocenters. The third-order valence-corrected chi connectivity index (χ3v) is 5.71. The minimum absolute atomic E-state index is 0.248. The molecule has 1 fully saturated rings. The summed E-state index contributed by atoms with van der Waals surface area (Å²) in [6, 6.07) is 19.9. The van der Waals surface area contributed by atoms with Gasteiger partial charge in [0.25, 0.3) is 0 Å². The predicted octanol–water partition coefficient (Wildman–Crippen LogP) is 6.73. The topological polar surface area (TPSA) is 19.6 Å². The fraction of sp³-hybridized carbons (Fsp3) is 0.217. The molecule has 0 bridgehead atoms. The van der Waals surface area contributed by atoms with Crippen LogP contribution < -0.4 is 9.80 Å². The van der Waals surface area contributed by atoms with Gasteiger partial charge in [0.15, 0.2) is 0 Å². The summed E-state index contributed by atoms with van der Waals surface area (Å²) in [5.41, 5.74) is 3.26. The highest BCUT2D eigenvalue weighted by Gasteiger charge is 2.38. The molecule has 2 heterocycles. The van der Waals surface area contributed by atoms with Crippen LogP contribution in [0, 0.1) is 0 Å². The van der Waals surface area contributed by atoms with E-state index in [1.165, 1.54) is 5.57 Å². The summed E-state index contributed by atoms with van der Waals surface area (Å²) in [6.07, 6.45) is 3.83. The first-order valence-electron chi connectivity index (χ1n) is 9.23. The molecule has 2 aromatic carbocycles. The molecule has 0 amide bonds. The van der Waals surface area contributed by atoms with Gasteiger partial charge in [0.2, 0.25) is 0 Å². The van der Waals surface area contributed by atoms with Gasteiger partial charge in [0, 0.05) is 34.5 Å². The van der Waals surface area contributed by atoms with E-state index in [0.717, 1.165) is 40.3 Å². The van der Waals surface area contributed by atoms with Crippen molar-refractivity contribution in [2.24, 2.45) is 0 Å². The molecular weight excluding hydrogens is 391 g/mol. The quantitative estimate of drug-likeness (QED) is 0.475. The van der Waals surface area contributed by atoms with Gasteiger partial charge in [0.1, 0.15) is 11.4 Å². The summed E-state index contributed by atoms with van der Waals surface area (Å²) in [7, 11) is 0. The molecule has 144 valence electrons. The Labute approximate surface area is 175 Å². The van der Waals surface area contributed by atoms with Crippen molar-refractivity contribution in [2.75, 3.05) is 22.9 Å². The lowest BCUT2D eigenvalue weighted by Crippen LogP contribution is -2.62. The van der Waals surface area contributed by atoms with Gasteiger partial charge in [0.05, 0.1) is 6.26 Å². The Balaban J connectivity index is 1.77. The van der Waals surface area contributed by atoms with Gasteiger partial charge in [-0.05, 0) is 86.2 Å². The summed E-state index contributed by atoms with van der Waals surface area (Å²) in [4.78, 5) is 4.77. The average Bonchev–Trinajstić information content (AvgIpc) is 3.18. The van der Waals surface area contributed by atoms with E-state index >= 15 is 0 Å². The molecule has 0 atom stereocenters. The summed E-state index contributed by atoms with van der Waals surface area (Å²) in [6.45, 7) is 6.08. The Kier molecular flexibility index (Phi) is 5.13. The van der Waals surface area contributed by atoms with Crippen LogP contribution in [0.4, 0.5) is 11.4 Å². The van der Waals surface area contributed by atoms with Gasteiger partial charge in [-0.15, -0.1) is 0 Å². The van der Waals surface area contributed by atoms with E-state index in [1.807, 2.05) is 36.4 Å². The lowest BCUT2D eigenvalue weighted by Gasteiger charge is -2.53. The van der Waals surface area contributed by atoms with Gasteiger partial charge >= 0.3 is 0 Å². The van der Waals surface area contributed by atoms with E-state index in [-0.39, 0.29) is 5.66 Å². The third kappa shape index (κ3) is 3.78. The largest absolute Gasteiger partial charge is 0.465 e. The van der Waals surface area contributed by atoms with Crippen molar-refractivity contribution in [3.05, 3.63) is 88.3 Å². The van der Waals surface area contributed by atoms with E-state index in [9.17, 15) is 0 Å². The zero-order valence-corrected chi connectivity index (χ0v) is 17.4. The number of halogens is 2. The van der Waals surface area contributed by atoms with Crippen LogP contribution in [0.25, 0.3) is 6.08 Å². The van der Waals surface area contributed by atoms with Crippen LogP contribution in [0.2, 0.25) is 10.0 Å². The van der Waals surface area contributed by atoms with E-state index in [0.29, 0.717) is 0 Å². The Morgan fingerprint density at radius 1 is 0.821 bits per heavy atom. The zero-order chi connectivity index (χ0) is 19.7. The first-order valence-corrected chi connectivity index (χ1v) is 9.98. The lowest BCUT2D eigenvalue weighted by atomic mass is 9.99. The molecular formula is C23H22Cl2N2O. The molecule has 0 N–H and O–H groups in total. The van der Waals surface area contributed by atoms with Crippen molar-refractivity contribution in [2.45, 2.75) is 19.5 Å². The monoisotopic (exact) mass is 412 g/mol. The van der Waals surface area contributed by atoms with Crippen LogP contribution in [0.15, 0.2) is 76.9 Å². The van der Waals surface area contributed by atoms with E-state index in [4.69, 9.17) is 27.6 Å². The molecule has 1 aliphatic rings. The molecule has 1 aliphatic heterocycles. The molecule has 0 saturated carbocycles. The summed E-state index contributed by atoms with van der Waals surface area (Å²) < 4.78 is 5.55. The summed E-state index contributed by atoms with van der Waals surface area (Å²) >= 11 is 12.2. The van der Waals surface area contributed by atoms with E-state index in [1.54, 1.807) is 6.26 Å². The molecule has 3 nitrogen and oxygen atoms in total. The van der Waals surface area contributed by atoms with Crippen molar-refractivity contribution in [3.63, 3.8) is 0 Å². The Morgan fingerprint density at radius 3 is 1.75 bits per heavy atom. The highest BCUT2D eigenvalue weighted by molar-refractivity contribution is 6.30. The van der Waals surface area contributed by atoms with Crippen LogP contribution in [-0.4, -0.2) is 18.8 Å². The first-order chi connectivity index (χ1) is 13.4. The fourth-order valence-corrected chi connectivity index (χ4v) is 3.96. The molecule has 1 aromatic heterocycles. The zero-order valence-electron chi connectivity index (χ0n) is 15.9. The van der Waals surface area contributed by atoms with Crippen LogP contribution in [0.1, 0.15) is 19.6 Å². The van der Waals surface area contributed by atoms with Crippen LogP contribution >= 0.6 is 23.2 Å². The smallest absolute Gasteiger partial charge is 0.126 e. The van der Waals surface area contributed by atoms with E-state index < -0.39 is 0 Å². The number of benzene rings is 2. The van der Waals surface area contributed by atoms with Crippen molar-refractivity contribution in [3.8, 4) is 0 Å². The molecule has 3 aromatic rings. The number of furan rings is 1. The Bertz CT molecular complexity index is 901. The number of nitrogens with zero attached hydrogens (tertiary/aromatic N) is 2. The molecule has 1 saturated heterocycles. The molecule has 0 spiro atoms. The highest BCUT2D eigenvalue weighted by atomic mass is 35.5. The minimum Gasteiger partial charge on any atom is -0.465 e. The third-order valence-electron chi connectivity index (χ3n) is 5.21. The van der Waals surface area contributed by atoms with Crippen molar-refractivity contribution >= 4 is 40.7 Å². The molecule has 28 heavy (non-hydrogen) atoms.